The number of halogens is 2. The molecule has 2 aromatic carbocycles. The van der Waals surface area contributed by atoms with E-state index in [2.05, 4.69) is 20.4 Å². The van der Waals surface area contributed by atoms with E-state index < -0.39 is 11.6 Å². The maximum absolute atomic E-state index is 13.9. The Morgan fingerprint density at radius 3 is 2.71 bits per heavy atom. The van der Waals surface area contributed by atoms with Crippen LogP contribution in [-0.4, -0.2) is 25.7 Å². The van der Waals surface area contributed by atoms with Gasteiger partial charge in [-0.15, -0.1) is 0 Å². The highest BCUT2D eigenvalue weighted by Gasteiger charge is 2.14. The molecule has 0 unspecified atom stereocenters. The van der Waals surface area contributed by atoms with Crippen molar-refractivity contribution in [1.82, 2.24) is 25.1 Å². The molecule has 0 aliphatic carbocycles. The molecule has 2 heterocycles. The third-order valence-electron chi connectivity index (χ3n) is 4.77. The first-order valence-electron chi connectivity index (χ1n) is 9.64. The van der Waals surface area contributed by atoms with Gasteiger partial charge in [0.2, 0.25) is 5.91 Å². The van der Waals surface area contributed by atoms with E-state index in [0.717, 1.165) is 23.4 Å². The fourth-order valence-electron chi connectivity index (χ4n) is 3.11. The summed E-state index contributed by atoms with van der Waals surface area (Å²) in [5.74, 6) is -1.07. The first kappa shape index (κ1) is 20.4. The maximum atomic E-state index is 13.9. The standard InChI is InChI=1S/C22H19F2N5O2/c1-14(15-2-5-17(6-3-15)29-13-25-12-27-29)28-21(30)8-9-22-26-11-20(31-22)18-7-4-16(23)10-19(18)24/h2-7,10-14H,8-9H2,1H3,(H,28,30)/t14-/m0/s1. The van der Waals surface area contributed by atoms with Crippen LogP contribution < -0.4 is 5.32 Å². The van der Waals surface area contributed by atoms with Crippen LogP contribution in [0.1, 0.15) is 30.8 Å². The van der Waals surface area contributed by atoms with E-state index in [1.807, 2.05) is 31.2 Å². The summed E-state index contributed by atoms with van der Waals surface area (Å²) in [6.45, 7) is 1.89. The molecule has 1 N–H and O–H groups in total. The molecule has 4 rings (SSSR count). The Labute approximate surface area is 176 Å². The molecular weight excluding hydrogens is 404 g/mol. The van der Waals surface area contributed by atoms with Gasteiger partial charge in [-0.3, -0.25) is 4.79 Å². The van der Waals surface area contributed by atoms with Crippen LogP contribution in [0.5, 0.6) is 0 Å². The number of amides is 1. The van der Waals surface area contributed by atoms with Gasteiger partial charge in [-0.2, -0.15) is 5.10 Å². The van der Waals surface area contributed by atoms with Crippen molar-refractivity contribution in [2.24, 2.45) is 0 Å². The number of benzene rings is 2. The largest absolute Gasteiger partial charge is 0.441 e. The summed E-state index contributed by atoms with van der Waals surface area (Å²) in [4.78, 5) is 20.3. The lowest BCUT2D eigenvalue weighted by Gasteiger charge is -2.14. The van der Waals surface area contributed by atoms with Crippen molar-refractivity contribution in [3.05, 3.63) is 84.4 Å². The zero-order valence-electron chi connectivity index (χ0n) is 16.6. The van der Waals surface area contributed by atoms with Crippen molar-refractivity contribution in [3.8, 4) is 17.0 Å². The van der Waals surface area contributed by atoms with Crippen molar-refractivity contribution in [3.63, 3.8) is 0 Å². The van der Waals surface area contributed by atoms with Gasteiger partial charge in [0.25, 0.3) is 0 Å². The lowest BCUT2D eigenvalue weighted by Crippen LogP contribution is -2.26. The van der Waals surface area contributed by atoms with Gasteiger partial charge in [0.1, 0.15) is 24.3 Å². The van der Waals surface area contributed by atoms with Crippen LogP contribution in [0.4, 0.5) is 8.78 Å². The molecule has 1 amide bonds. The third kappa shape index (κ3) is 4.82. The summed E-state index contributed by atoms with van der Waals surface area (Å²) < 4.78 is 34.1. The number of oxazole rings is 1. The number of hydrogen-bond acceptors (Lipinski definition) is 5. The zero-order valence-corrected chi connectivity index (χ0v) is 16.6. The van der Waals surface area contributed by atoms with Gasteiger partial charge in [0, 0.05) is 18.9 Å². The van der Waals surface area contributed by atoms with Crippen molar-refractivity contribution in [2.45, 2.75) is 25.8 Å². The quantitative estimate of drug-likeness (QED) is 0.485. The number of nitrogens with zero attached hydrogens (tertiary/aromatic N) is 4. The lowest BCUT2D eigenvalue weighted by atomic mass is 10.1. The Morgan fingerprint density at radius 1 is 1.19 bits per heavy atom. The van der Waals surface area contributed by atoms with E-state index in [4.69, 9.17) is 4.42 Å². The van der Waals surface area contributed by atoms with Crippen LogP contribution in [0.25, 0.3) is 17.0 Å². The first-order valence-corrected chi connectivity index (χ1v) is 9.64. The van der Waals surface area contributed by atoms with Crippen LogP contribution in [0.15, 0.2) is 65.7 Å². The molecule has 0 spiro atoms. The van der Waals surface area contributed by atoms with Crippen LogP contribution in [-0.2, 0) is 11.2 Å². The zero-order chi connectivity index (χ0) is 21.8. The molecule has 0 aliphatic heterocycles. The molecule has 0 bridgehead atoms. The number of carbonyl (C=O) groups excluding carboxylic acids is 1. The Hall–Kier alpha value is -3.88. The summed E-state index contributed by atoms with van der Waals surface area (Å²) in [5, 5.41) is 7.01. The minimum Gasteiger partial charge on any atom is -0.441 e. The predicted octanol–water partition coefficient (Wildman–Crippen LogP) is 4.01. The van der Waals surface area contributed by atoms with Crippen LogP contribution in [0, 0.1) is 11.6 Å². The highest BCUT2D eigenvalue weighted by atomic mass is 19.1. The number of hydrogen-bond donors (Lipinski definition) is 1. The third-order valence-corrected chi connectivity index (χ3v) is 4.77. The van der Waals surface area contributed by atoms with Crippen molar-refractivity contribution in [1.29, 1.82) is 0 Å². The molecular formula is C22H19F2N5O2. The molecule has 0 saturated heterocycles. The van der Waals surface area contributed by atoms with Crippen LogP contribution in [0.2, 0.25) is 0 Å². The minimum absolute atomic E-state index is 0.118. The fourth-order valence-corrected chi connectivity index (χ4v) is 3.11. The molecule has 0 saturated carbocycles. The second kappa shape index (κ2) is 8.86. The molecule has 1 atom stereocenters. The van der Waals surface area contributed by atoms with Gasteiger partial charge in [-0.1, -0.05) is 12.1 Å². The SMILES string of the molecule is C[C@H](NC(=O)CCc1ncc(-c2ccc(F)cc2F)o1)c1ccc(-n2cncn2)cc1. The van der Waals surface area contributed by atoms with Crippen molar-refractivity contribution < 1.29 is 18.0 Å². The van der Waals surface area contributed by atoms with Crippen LogP contribution >= 0.6 is 0 Å². The average Bonchev–Trinajstić information content (AvgIpc) is 3.45. The smallest absolute Gasteiger partial charge is 0.220 e. The normalized spacial score (nSPS) is 12.0. The number of aromatic nitrogens is 4. The Balaban J connectivity index is 1.31. The van der Waals surface area contributed by atoms with E-state index in [9.17, 15) is 13.6 Å². The molecule has 0 aliphatic rings. The molecule has 31 heavy (non-hydrogen) atoms. The van der Waals surface area contributed by atoms with Gasteiger partial charge in [0.15, 0.2) is 11.7 Å². The number of nitrogens with one attached hydrogen (secondary N) is 1. The molecule has 9 heteroatoms. The molecule has 4 aromatic rings. The molecule has 0 radical (unpaired) electrons. The van der Waals surface area contributed by atoms with Crippen molar-refractivity contribution >= 4 is 5.91 Å². The monoisotopic (exact) mass is 423 g/mol. The summed E-state index contributed by atoms with van der Waals surface area (Å²) in [7, 11) is 0. The van der Waals surface area contributed by atoms with E-state index >= 15 is 0 Å². The fraction of sp³-hybridized carbons (Fsp3) is 0.182. The number of carbonyl (C=O) groups is 1. The predicted molar refractivity (Wildman–Crippen MR) is 108 cm³/mol. The topological polar surface area (TPSA) is 85.8 Å². The second-order valence-electron chi connectivity index (χ2n) is 6.96. The molecule has 7 nitrogen and oxygen atoms in total. The number of aryl methyl sites for hydroxylation is 1. The Morgan fingerprint density at radius 2 is 2.00 bits per heavy atom. The van der Waals surface area contributed by atoms with E-state index in [-0.39, 0.29) is 36.1 Å². The summed E-state index contributed by atoms with van der Waals surface area (Å²) in [5.41, 5.74) is 1.94. The van der Waals surface area contributed by atoms with Gasteiger partial charge in [0.05, 0.1) is 23.5 Å². The Bertz CT molecular complexity index is 1170. The van der Waals surface area contributed by atoms with Crippen molar-refractivity contribution in [2.75, 3.05) is 0 Å². The van der Waals surface area contributed by atoms with E-state index in [1.165, 1.54) is 18.6 Å². The van der Waals surface area contributed by atoms with Gasteiger partial charge < -0.3 is 9.73 Å². The van der Waals surface area contributed by atoms with Gasteiger partial charge in [-0.05, 0) is 36.8 Å². The highest BCUT2D eigenvalue weighted by Crippen LogP contribution is 2.24. The number of rotatable bonds is 7. The highest BCUT2D eigenvalue weighted by molar-refractivity contribution is 5.76. The van der Waals surface area contributed by atoms with Gasteiger partial charge >= 0.3 is 0 Å². The van der Waals surface area contributed by atoms with Gasteiger partial charge in [-0.25, -0.2) is 23.4 Å². The van der Waals surface area contributed by atoms with E-state index in [1.54, 1.807) is 11.0 Å². The van der Waals surface area contributed by atoms with E-state index in [0.29, 0.717) is 5.89 Å². The minimum atomic E-state index is -0.732. The average molecular weight is 423 g/mol. The maximum Gasteiger partial charge on any atom is 0.220 e. The summed E-state index contributed by atoms with van der Waals surface area (Å²) >= 11 is 0. The molecule has 2 aromatic heterocycles. The summed E-state index contributed by atoms with van der Waals surface area (Å²) in [6.07, 6.45) is 4.85. The second-order valence-corrected chi connectivity index (χ2v) is 6.96. The lowest BCUT2D eigenvalue weighted by molar-refractivity contribution is -0.121. The molecule has 0 fully saturated rings. The molecule has 158 valence electrons. The van der Waals surface area contributed by atoms with Crippen LogP contribution in [0.3, 0.4) is 0 Å². The Kier molecular flexibility index (Phi) is 5.83. The summed E-state index contributed by atoms with van der Waals surface area (Å²) in [6, 6.07) is 10.7. The first-order chi connectivity index (χ1) is 15.0.